The molecule has 3 rings (SSSR count). The predicted molar refractivity (Wildman–Crippen MR) is 130 cm³/mol. The SMILES string of the molecule is CC(=O)c1ccc2c(c1)[C@H](NC(=O)c1cccc(Cl)c1)[C@@H](OC(=O)[C@H](N)CC(C)C)C(C)(C)O2. The van der Waals surface area contributed by atoms with Crippen LogP contribution in [0.5, 0.6) is 5.75 Å². The summed E-state index contributed by atoms with van der Waals surface area (Å²) in [7, 11) is 0. The summed E-state index contributed by atoms with van der Waals surface area (Å²) >= 11 is 6.07. The third kappa shape index (κ3) is 5.77. The minimum absolute atomic E-state index is 0.139. The molecule has 2 aromatic carbocycles. The van der Waals surface area contributed by atoms with E-state index < -0.39 is 35.7 Å². The van der Waals surface area contributed by atoms with Gasteiger partial charge in [-0.1, -0.05) is 31.5 Å². The Morgan fingerprint density at radius 3 is 2.47 bits per heavy atom. The van der Waals surface area contributed by atoms with Crippen molar-refractivity contribution in [1.29, 1.82) is 0 Å². The first-order chi connectivity index (χ1) is 15.9. The average molecular weight is 487 g/mol. The Morgan fingerprint density at radius 2 is 1.85 bits per heavy atom. The maximum Gasteiger partial charge on any atom is 0.323 e. The lowest BCUT2D eigenvalue weighted by Crippen LogP contribution is -2.56. The zero-order valence-corrected chi connectivity index (χ0v) is 20.8. The molecule has 3 atom stereocenters. The first kappa shape index (κ1) is 25.7. The van der Waals surface area contributed by atoms with Crippen molar-refractivity contribution in [3.05, 3.63) is 64.2 Å². The molecule has 3 N–H and O–H groups in total. The fraction of sp³-hybridized carbons (Fsp3) is 0.423. The van der Waals surface area contributed by atoms with Crippen molar-refractivity contribution >= 4 is 29.3 Å². The lowest BCUT2D eigenvalue weighted by atomic mass is 9.85. The van der Waals surface area contributed by atoms with Gasteiger partial charge in [0.15, 0.2) is 11.9 Å². The number of hydrogen-bond acceptors (Lipinski definition) is 6. The largest absolute Gasteiger partial charge is 0.484 e. The number of nitrogens with two attached hydrogens (primary N) is 1. The number of ketones is 1. The molecule has 1 heterocycles. The van der Waals surface area contributed by atoms with Crippen LogP contribution in [-0.2, 0) is 9.53 Å². The molecule has 0 radical (unpaired) electrons. The van der Waals surface area contributed by atoms with E-state index in [9.17, 15) is 14.4 Å². The summed E-state index contributed by atoms with van der Waals surface area (Å²) in [6.45, 7) is 8.94. The van der Waals surface area contributed by atoms with E-state index in [0.29, 0.717) is 33.9 Å². The topological polar surface area (TPSA) is 108 Å². The Labute approximate surface area is 204 Å². The van der Waals surface area contributed by atoms with Crippen LogP contribution in [0, 0.1) is 5.92 Å². The highest BCUT2D eigenvalue weighted by atomic mass is 35.5. The number of amides is 1. The molecule has 1 aliphatic heterocycles. The molecule has 1 aliphatic rings. The highest BCUT2D eigenvalue weighted by Crippen LogP contribution is 2.42. The number of carbonyl (C=O) groups excluding carboxylic acids is 3. The first-order valence-corrected chi connectivity index (χ1v) is 11.6. The lowest BCUT2D eigenvalue weighted by molar-refractivity contribution is -0.167. The fourth-order valence-corrected chi connectivity index (χ4v) is 4.23. The van der Waals surface area contributed by atoms with Crippen molar-refractivity contribution < 1.29 is 23.9 Å². The number of esters is 1. The second-order valence-corrected chi connectivity index (χ2v) is 10.0. The van der Waals surface area contributed by atoms with E-state index in [4.69, 9.17) is 26.8 Å². The molecule has 0 bridgehead atoms. The van der Waals surface area contributed by atoms with Gasteiger partial charge in [0.2, 0.25) is 0 Å². The molecule has 0 fully saturated rings. The molecular weight excluding hydrogens is 456 g/mol. The molecular formula is C26H31ClN2O5. The van der Waals surface area contributed by atoms with Gasteiger partial charge in [-0.3, -0.25) is 14.4 Å². The van der Waals surface area contributed by atoms with E-state index in [0.717, 1.165) is 0 Å². The van der Waals surface area contributed by atoms with Gasteiger partial charge >= 0.3 is 5.97 Å². The zero-order chi connectivity index (χ0) is 25.2. The van der Waals surface area contributed by atoms with Crippen LogP contribution in [0.1, 0.15) is 73.4 Å². The number of nitrogens with one attached hydrogen (secondary N) is 1. The van der Waals surface area contributed by atoms with Crippen molar-refractivity contribution in [1.82, 2.24) is 5.32 Å². The van der Waals surface area contributed by atoms with Gasteiger partial charge in [-0.15, -0.1) is 0 Å². The zero-order valence-electron chi connectivity index (χ0n) is 20.1. The van der Waals surface area contributed by atoms with Crippen molar-refractivity contribution in [2.45, 2.75) is 64.8 Å². The van der Waals surface area contributed by atoms with Gasteiger partial charge in [-0.05, 0) is 69.5 Å². The van der Waals surface area contributed by atoms with Gasteiger partial charge in [-0.2, -0.15) is 0 Å². The summed E-state index contributed by atoms with van der Waals surface area (Å²) in [5, 5.41) is 3.39. The summed E-state index contributed by atoms with van der Waals surface area (Å²) < 4.78 is 12.0. The summed E-state index contributed by atoms with van der Waals surface area (Å²) in [6, 6.07) is 9.94. The van der Waals surface area contributed by atoms with Crippen LogP contribution < -0.4 is 15.8 Å². The summed E-state index contributed by atoms with van der Waals surface area (Å²) in [6.07, 6.45) is -0.451. The molecule has 0 saturated carbocycles. The van der Waals surface area contributed by atoms with Crippen LogP contribution in [0.25, 0.3) is 0 Å². The normalized spacial score (nSPS) is 19.5. The number of rotatable bonds is 7. The maximum atomic E-state index is 13.2. The molecule has 8 heteroatoms. The summed E-state index contributed by atoms with van der Waals surface area (Å²) in [4.78, 5) is 38.1. The fourth-order valence-electron chi connectivity index (χ4n) is 4.04. The van der Waals surface area contributed by atoms with Gasteiger partial charge in [0.25, 0.3) is 5.91 Å². The Bertz CT molecular complexity index is 1100. The molecule has 0 spiro atoms. The van der Waals surface area contributed by atoms with Crippen LogP contribution in [-0.4, -0.2) is 35.4 Å². The second-order valence-electron chi connectivity index (χ2n) is 9.57. The second kappa shape index (κ2) is 10.2. The Balaban J connectivity index is 2.03. The molecule has 182 valence electrons. The molecule has 7 nitrogen and oxygen atoms in total. The summed E-state index contributed by atoms with van der Waals surface area (Å²) in [5.41, 5.74) is 6.42. The lowest BCUT2D eigenvalue weighted by Gasteiger charge is -2.44. The average Bonchev–Trinajstić information content (AvgIpc) is 2.74. The standard InChI is InChI=1S/C26H31ClN2O5/c1-14(2)11-20(28)25(32)33-23-22(29-24(31)17-7-6-8-18(27)12-17)19-13-16(15(3)30)9-10-21(19)34-26(23,4)5/h6-10,12-14,20,22-23H,11,28H2,1-5H3,(H,29,31)/t20-,22+,23-/m1/s1. The highest BCUT2D eigenvalue weighted by molar-refractivity contribution is 6.30. The third-order valence-electron chi connectivity index (χ3n) is 5.76. The van der Waals surface area contributed by atoms with E-state index in [2.05, 4.69) is 5.32 Å². The Kier molecular flexibility index (Phi) is 7.68. The minimum Gasteiger partial charge on any atom is -0.484 e. The number of fused-ring (bicyclic) bond motifs is 1. The smallest absolute Gasteiger partial charge is 0.323 e. The van der Waals surface area contributed by atoms with Crippen LogP contribution in [0.4, 0.5) is 0 Å². The Hall–Kier alpha value is -2.90. The van der Waals surface area contributed by atoms with Gasteiger partial charge in [0.05, 0.1) is 6.04 Å². The van der Waals surface area contributed by atoms with E-state index in [1.54, 1.807) is 56.3 Å². The molecule has 2 aromatic rings. The van der Waals surface area contributed by atoms with Gasteiger partial charge in [0, 0.05) is 21.7 Å². The van der Waals surface area contributed by atoms with E-state index >= 15 is 0 Å². The van der Waals surface area contributed by atoms with E-state index in [-0.39, 0.29) is 11.7 Å². The maximum absolute atomic E-state index is 13.2. The molecule has 0 saturated heterocycles. The number of halogens is 1. The van der Waals surface area contributed by atoms with E-state index in [1.807, 2.05) is 13.8 Å². The number of ether oxygens (including phenoxy) is 2. The summed E-state index contributed by atoms with van der Waals surface area (Å²) in [5.74, 6) is -0.430. The van der Waals surface area contributed by atoms with Gasteiger partial charge < -0.3 is 20.5 Å². The van der Waals surface area contributed by atoms with Crippen molar-refractivity contribution in [2.75, 3.05) is 0 Å². The van der Waals surface area contributed by atoms with Crippen LogP contribution in [0.3, 0.4) is 0 Å². The third-order valence-corrected chi connectivity index (χ3v) is 5.99. The number of hydrogen-bond donors (Lipinski definition) is 2. The quantitative estimate of drug-likeness (QED) is 0.441. The number of benzene rings is 2. The minimum atomic E-state index is -0.996. The molecule has 0 aliphatic carbocycles. The molecule has 0 aromatic heterocycles. The predicted octanol–water partition coefficient (Wildman–Crippen LogP) is 4.47. The van der Waals surface area contributed by atoms with Crippen molar-refractivity contribution in [3.8, 4) is 5.75 Å². The first-order valence-electron chi connectivity index (χ1n) is 11.3. The van der Waals surface area contributed by atoms with Crippen LogP contribution in [0.15, 0.2) is 42.5 Å². The molecule has 34 heavy (non-hydrogen) atoms. The van der Waals surface area contributed by atoms with Crippen molar-refractivity contribution in [3.63, 3.8) is 0 Å². The van der Waals surface area contributed by atoms with Crippen LogP contribution in [0.2, 0.25) is 5.02 Å². The number of Topliss-reactive ketones (excluding diaryl/α,β-unsaturated/α-hetero) is 1. The molecule has 0 unspecified atom stereocenters. The van der Waals surface area contributed by atoms with Gasteiger partial charge in [-0.25, -0.2) is 0 Å². The Morgan fingerprint density at radius 1 is 1.15 bits per heavy atom. The van der Waals surface area contributed by atoms with E-state index in [1.165, 1.54) is 6.92 Å². The monoisotopic (exact) mass is 486 g/mol. The van der Waals surface area contributed by atoms with Crippen molar-refractivity contribution in [2.24, 2.45) is 11.7 Å². The highest BCUT2D eigenvalue weighted by Gasteiger charge is 2.48. The van der Waals surface area contributed by atoms with Crippen LogP contribution >= 0.6 is 11.6 Å². The molecule has 1 amide bonds. The number of carbonyl (C=O) groups is 3. The van der Waals surface area contributed by atoms with Gasteiger partial charge in [0.1, 0.15) is 17.4 Å².